The van der Waals surface area contributed by atoms with Gasteiger partial charge in [0.2, 0.25) is 5.91 Å². The average molecular weight is 416 g/mol. The number of amides is 2. The van der Waals surface area contributed by atoms with Gasteiger partial charge in [-0.3, -0.25) is 9.59 Å². The van der Waals surface area contributed by atoms with Gasteiger partial charge in [-0.25, -0.2) is 0 Å². The van der Waals surface area contributed by atoms with Crippen LogP contribution in [0.3, 0.4) is 0 Å². The van der Waals surface area contributed by atoms with Gasteiger partial charge in [0, 0.05) is 31.7 Å². The molecule has 1 heterocycles. The van der Waals surface area contributed by atoms with Crippen LogP contribution >= 0.6 is 12.4 Å². The zero-order valence-electron chi connectivity index (χ0n) is 17.1. The quantitative estimate of drug-likeness (QED) is 0.759. The fourth-order valence-corrected chi connectivity index (χ4v) is 3.87. The standard InChI is InChI=1S/C23H29N3O2.ClH/c1-3-25-22(27)21(18-8-6-7-17(14-18)15-24)19-9-10-20(16(2)13-19)23(28)26-11-4-5-12-26;/h6-10,13-14,21H,3-5,11-12,15,24H2,1-2H3,(H,25,27);1H. The highest BCUT2D eigenvalue weighted by Gasteiger charge is 2.25. The number of hydrogen-bond acceptors (Lipinski definition) is 3. The molecule has 0 radical (unpaired) electrons. The Kier molecular flexibility index (Phi) is 8.23. The maximum absolute atomic E-state index is 12.9. The van der Waals surface area contributed by atoms with Crippen molar-refractivity contribution in [3.63, 3.8) is 0 Å². The summed E-state index contributed by atoms with van der Waals surface area (Å²) in [6, 6.07) is 13.6. The predicted octanol–water partition coefficient (Wildman–Crippen LogP) is 3.38. The van der Waals surface area contributed by atoms with Crippen molar-refractivity contribution in [3.8, 4) is 0 Å². The molecule has 3 N–H and O–H groups in total. The fourth-order valence-electron chi connectivity index (χ4n) is 3.87. The summed E-state index contributed by atoms with van der Waals surface area (Å²) in [7, 11) is 0. The van der Waals surface area contributed by atoms with Crippen LogP contribution in [-0.4, -0.2) is 36.3 Å². The molecule has 1 fully saturated rings. The summed E-state index contributed by atoms with van der Waals surface area (Å²) in [4.78, 5) is 27.5. The largest absolute Gasteiger partial charge is 0.356 e. The number of rotatable bonds is 6. The van der Waals surface area contributed by atoms with Crippen LogP contribution in [0.2, 0.25) is 0 Å². The highest BCUT2D eigenvalue weighted by Crippen LogP contribution is 2.28. The maximum atomic E-state index is 12.9. The van der Waals surface area contributed by atoms with Gasteiger partial charge in [-0.1, -0.05) is 36.4 Å². The van der Waals surface area contributed by atoms with Crippen molar-refractivity contribution in [2.75, 3.05) is 19.6 Å². The number of likely N-dealkylation sites (N-methyl/N-ethyl adjacent to an activating group) is 1. The van der Waals surface area contributed by atoms with E-state index >= 15 is 0 Å². The molecule has 6 heteroatoms. The first-order valence-electron chi connectivity index (χ1n) is 10.0. The van der Waals surface area contributed by atoms with Gasteiger partial charge in [-0.15, -0.1) is 12.4 Å². The van der Waals surface area contributed by atoms with Crippen molar-refractivity contribution in [1.29, 1.82) is 0 Å². The summed E-state index contributed by atoms with van der Waals surface area (Å²) in [5, 5.41) is 2.94. The second kappa shape index (κ2) is 10.4. The third-order valence-corrected chi connectivity index (χ3v) is 5.34. The van der Waals surface area contributed by atoms with E-state index in [0.29, 0.717) is 13.1 Å². The smallest absolute Gasteiger partial charge is 0.254 e. The number of carbonyl (C=O) groups excluding carboxylic acids is 2. The Labute approximate surface area is 179 Å². The molecular formula is C23H30ClN3O2. The van der Waals surface area contributed by atoms with Gasteiger partial charge in [-0.2, -0.15) is 0 Å². The molecule has 0 aromatic heterocycles. The molecule has 1 atom stereocenters. The number of nitrogens with one attached hydrogen (secondary N) is 1. The molecule has 2 aromatic carbocycles. The number of carbonyl (C=O) groups is 2. The van der Waals surface area contributed by atoms with Crippen LogP contribution in [0, 0.1) is 6.92 Å². The minimum atomic E-state index is -0.430. The van der Waals surface area contributed by atoms with Crippen LogP contribution in [0.15, 0.2) is 42.5 Å². The molecule has 29 heavy (non-hydrogen) atoms. The molecule has 1 saturated heterocycles. The molecule has 2 amide bonds. The van der Waals surface area contributed by atoms with E-state index in [1.54, 1.807) is 0 Å². The van der Waals surface area contributed by atoms with E-state index in [0.717, 1.165) is 53.7 Å². The van der Waals surface area contributed by atoms with Gasteiger partial charge in [-0.05, 0) is 55.0 Å². The van der Waals surface area contributed by atoms with E-state index < -0.39 is 5.92 Å². The monoisotopic (exact) mass is 415 g/mol. The predicted molar refractivity (Wildman–Crippen MR) is 118 cm³/mol. The molecule has 2 aromatic rings. The third-order valence-electron chi connectivity index (χ3n) is 5.34. The Morgan fingerprint density at radius 1 is 1.10 bits per heavy atom. The maximum Gasteiger partial charge on any atom is 0.254 e. The van der Waals surface area contributed by atoms with Crippen molar-refractivity contribution in [1.82, 2.24) is 10.2 Å². The van der Waals surface area contributed by atoms with E-state index in [-0.39, 0.29) is 24.2 Å². The number of aryl methyl sites for hydroxylation is 1. The average Bonchev–Trinajstić information content (AvgIpc) is 3.23. The summed E-state index contributed by atoms with van der Waals surface area (Å²) in [6.07, 6.45) is 2.14. The summed E-state index contributed by atoms with van der Waals surface area (Å²) < 4.78 is 0. The summed E-state index contributed by atoms with van der Waals surface area (Å²) in [6.45, 7) is 6.50. The van der Waals surface area contributed by atoms with E-state index in [2.05, 4.69) is 5.32 Å². The normalized spacial score (nSPS) is 14.2. The van der Waals surface area contributed by atoms with Crippen molar-refractivity contribution in [2.24, 2.45) is 5.73 Å². The first-order valence-corrected chi connectivity index (χ1v) is 10.0. The molecule has 3 rings (SSSR count). The lowest BCUT2D eigenvalue weighted by molar-refractivity contribution is -0.121. The van der Waals surface area contributed by atoms with E-state index in [1.165, 1.54) is 0 Å². The molecular weight excluding hydrogens is 386 g/mol. The Morgan fingerprint density at radius 2 is 1.79 bits per heavy atom. The minimum absolute atomic E-state index is 0. The topological polar surface area (TPSA) is 75.4 Å². The van der Waals surface area contributed by atoms with Crippen LogP contribution in [0.1, 0.15) is 58.3 Å². The van der Waals surface area contributed by atoms with Gasteiger partial charge in [0.25, 0.3) is 5.91 Å². The number of likely N-dealkylation sites (tertiary alicyclic amines) is 1. The first-order chi connectivity index (χ1) is 13.5. The zero-order valence-corrected chi connectivity index (χ0v) is 17.9. The molecule has 1 aliphatic heterocycles. The summed E-state index contributed by atoms with van der Waals surface area (Å²) in [5.74, 6) is -0.392. The van der Waals surface area contributed by atoms with Gasteiger partial charge in [0.15, 0.2) is 0 Å². The van der Waals surface area contributed by atoms with Crippen molar-refractivity contribution in [2.45, 2.75) is 39.2 Å². The molecule has 1 aliphatic rings. The molecule has 5 nitrogen and oxygen atoms in total. The van der Waals surface area contributed by atoms with E-state index in [1.807, 2.05) is 61.2 Å². The lowest BCUT2D eigenvalue weighted by Crippen LogP contribution is -2.30. The Bertz CT molecular complexity index is 863. The number of nitrogens with two attached hydrogens (primary N) is 1. The van der Waals surface area contributed by atoms with Crippen LogP contribution < -0.4 is 11.1 Å². The van der Waals surface area contributed by atoms with Crippen LogP contribution in [0.25, 0.3) is 0 Å². The Morgan fingerprint density at radius 3 is 2.41 bits per heavy atom. The minimum Gasteiger partial charge on any atom is -0.356 e. The van der Waals surface area contributed by atoms with E-state index in [4.69, 9.17) is 5.73 Å². The number of nitrogens with zero attached hydrogens (tertiary/aromatic N) is 1. The lowest BCUT2D eigenvalue weighted by Gasteiger charge is -2.21. The number of benzene rings is 2. The lowest BCUT2D eigenvalue weighted by atomic mass is 9.87. The second-order valence-corrected chi connectivity index (χ2v) is 7.35. The highest BCUT2D eigenvalue weighted by molar-refractivity contribution is 5.96. The second-order valence-electron chi connectivity index (χ2n) is 7.35. The van der Waals surface area contributed by atoms with Crippen molar-refractivity contribution in [3.05, 3.63) is 70.3 Å². The molecule has 1 unspecified atom stereocenters. The Balaban J connectivity index is 0.00000300. The highest BCUT2D eigenvalue weighted by atomic mass is 35.5. The fraction of sp³-hybridized carbons (Fsp3) is 0.391. The molecule has 0 bridgehead atoms. The SMILES string of the molecule is CCNC(=O)C(c1cccc(CN)c1)c1ccc(C(=O)N2CCCC2)c(C)c1.Cl. The van der Waals surface area contributed by atoms with Gasteiger partial charge in [0.1, 0.15) is 0 Å². The molecule has 0 spiro atoms. The third kappa shape index (κ3) is 5.17. The molecule has 0 saturated carbocycles. The van der Waals surface area contributed by atoms with E-state index in [9.17, 15) is 9.59 Å². The van der Waals surface area contributed by atoms with Crippen molar-refractivity contribution >= 4 is 24.2 Å². The summed E-state index contributed by atoms with van der Waals surface area (Å²) in [5.41, 5.74) is 10.2. The van der Waals surface area contributed by atoms with Crippen molar-refractivity contribution < 1.29 is 9.59 Å². The number of halogens is 1. The molecule has 0 aliphatic carbocycles. The Hall–Kier alpha value is -2.37. The van der Waals surface area contributed by atoms with Crippen LogP contribution in [0.5, 0.6) is 0 Å². The van der Waals surface area contributed by atoms with Gasteiger partial charge >= 0.3 is 0 Å². The van der Waals surface area contributed by atoms with Gasteiger partial charge < -0.3 is 16.0 Å². The van der Waals surface area contributed by atoms with Crippen LogP contribution in [-0.2, 0) is 11.3 Å². The van der Waals surface area contributed by atoms with Gasteiger partial charge in [0.05, 0.1) is 5.92 Å². The molecule has 156 valence electrons. The summed E-state index contributed by atoms with van der Waals surface area (Å²) >= 11 is 0. The number of hydrogen-bond donors (Lipinski definition) is 2. The van der Waals surface area contributed by atoms with Crippen LogP contribution in [0.4, 0.5) is 0 Å². The first kappa shape index (κ1) is 22.9. The zero-order chi connectivity index (χ0) is 20.1.